The van der Waals surface area contributed by atoms with E-state index in [2.05, 4.69) is 25.8 Å². The van der Waals surface area contributed by atoms with E-state index in [1.165, 1.54) is 31.4 Å². The van der Waals surface area contributed by atoms with Gasteiger partial charge in [0.1, 0.15) is 22.9 Å². The van der Waals surface area contributed by atoms with Crippen LogP contribution in [0.1, 0.15) is 37.0 Å². The zero-order chi connectivity index (χ0) is 26.6. The highest BCUT2D eigenvalue weighted by molar-refractivity contribution is 5.92. The van der Waals surface area contributed by atoms with E-state index in [9.17, 15) is 9.59 Å². The van der Waals surface area contributed by atoms with E-state index in [1.807, 2.05) is 26.8 Å². The standard InChI is InChI=1S/C26H26FN7O3/c1-26(2,3)22-15-24(34(31-22)23-7-5-6-11-30-23)32-33(16-35)21-9-8-17(13-19(21)27)37-18-10-12-29-20(14-18)25(36)28-4/h5-16,32H,1-4H3,(H,28,36). The molecule has 4 aromatic rings. The van der Waals surface area contributed by atoms with Crippen LogP contribution in [0.3, 0.4) is 0 Å². The number of carbonyl (C=O) groups excluding carboxylic acids is 2. The van der Waals surface area contributed by atoms with Crippen LogP contribution in [0.15, 0.2) is 67.0 Å². The Kier molecular flexibility index (Phi) is 7.14. The molecule has 0 aliphatic carbocycles. The van der Waals surface area contributed by atoms with Crippen molar-refractivity contribution in [1.29, 1.82) is 0 Å². The average Bonchev–Trinajstić information content (AvgIpc) is 3.32. The van der Waals surface area contributed by atoms with Crippen molar-refractivity contribution in [3.8, 4) is 17.3 Å². The van der Waals surface area contributed by atoms with Gasteiger partial charge in [0.2, 0.25) is 6.41 Å². The maximum Gasteiger partial charge on any atom is 0.269 e. The van der Waals surface area contributed by atoms with Crippen LogP contribution in [0.2, 0.25) is 0 Å². The minimum Gasteiger partial charge on any atom is -0.457 e. The van der Waals surface area contributed by atoms with Crippen molar-refractivity contribution < 1.29 is 18.7 Å². The van der Waals surface area contributed by atoms with Crippen LogP contribution in [-0.2, 0) is 10.2 Å². The van der Waals surface area contributed by atoms with Crippen molar-refractivity contribution in [2.75, 3.05) is 17.5 Å². The van der Waals surface area contributed by atoms with Gasteiger partial charge in [-0.1, -0.05) is 26.8 Å². The zero-order valence-corrected chi connectivity index (χ0v) is 20.8. The van der Waals surface area contributed by atoms with E-state index < -0.39 is 5.82 Å². The van der Waals surface area contributed by atoms with Crippen LogP contribution >= 0.6 is 0 Å². The van der Waals surface area contributed by atoms with E-state index in [0.29, 0.717) is 23.8 Å². The number of hydrazine groups is 1. The fraction of sp³-hybridized carbons (Fsp3) is 0.192. The number of aromatic nitrogens is 4. The van der Waals surface area contributed by atoms with Crippen molar-refractivity contribution >= 4 is 23.8 Å². The van der Waals surface area contributed by atoms with E-state index in [0.717, 1.165) is 16.8 Å². The SMILES string of the molecule is CNC(=O)c1cc(Oc2ccc(N(C=O)Nc3cc(C(C)(C)C)nn3-c3ccccn3)c(F)c2)ccn1. The molecule has 3 aromatic heterocycles. The highest BCUT2D eigenvalue weighted by Crippen LogP contribution is 2.30. The summed E-state index contributed by atoms with van der Waals surface area (Å²) in [6.45, 7) is 6.04. The molecular weight excluding hydrogens is 477 g/mol. The molecular formula is C26H26FN7O3. The van der Waals surface area contributed by atoms with Crippen molar-refractivity contribution in [1.82, 2.24) is 25.1 Å². The number of hydrogen-bond donors (Lipinski definition) is 2. The number of rotatable bonds is 8. The first kappa shape index (κ1) is 25.3. The molecule has 0 radical (unpaired) electrons. The van der Waals surface area contributed by atoms with Gasteiger partial charge in [-0.2, -0.15) is 9.78 Å². The number of ether oxygens (including phenoxy) is 1. The number of pyridine rings is 2. The van der Waals surface area contributed by atoms with Crippen molar-refractivity contribution in [2.24, 2.45) is 0 Å². The topological polar surface area (TPSA) is 114 Å². The van der Waals surface area contributed by atoms with Gasteiger partial charge in [-0.05, 0) is 30.3 Å². The molecule has 190 valence electrons. The average molecular weight is 504 g/mol. The number of hydrogen-bond acceptors (Lipinski definition) is 7. The fourth-order valence-electron chi connectivity index (χ4n) is 3.36. The largest absolute Gasteiger partial charge is 0.457 e. The molecule has 4 rings (SSSR count). The van der Waals surface area contributed by atoms with Crippen molar-refractivity contribution in [2.45, 2.75) is 26.2 Å². The van der Waals surface area contributed by atoms with Gasteiger partial charge in [-0.25, -0.2) is 14.4 Å². The van der Waals surface area contributed by atoms with Gasteiger partial charge >= 0.3 is 0 Å². The lowest BCUT2D eigenvalue weighted by Gasteiger charge is -2.21. The first-order chi connectivity index (χ1) is 17.7. The summed E-state index contributed by atoms with van der Waals surface area (Å²) >= 11 is 0. The molecule has 0 fully saturated rings. The normalized spacial score (nSPS) is 11.1. The third kappa shape index (κ3) is 5.72. The van der Waals surface area contributed by atoms with Crippen molar-refractivity contribution in [3.63, 3.8) is 0 Å². The Labute approximate surface area is 213 Å². The smallest absolute Gasteiger partial charge is 0.269 e. The lowest BCUT2D eigenvalue weighted by molar-refractivity contribution is -0.107. The molecule has 0 aliphatic rings. The summed E-state index contributed by atoms with van der Waals surface area (Å²) in [4.78, 5) is 32.1. The second-order valence-corrected chi connectivity index (χ2v) is 9.02. The number of nitrogens with zero attached hydrogens (tertiary/aromatic N) is 5. The summed E-state index contributed by atoms with van der Waals surface area (Å²) in [6.07, 6.45) is 3.51. The first-order valence-electron chi connectivity index (χ1n) is 11.4. The Morgan fingerprint density at radius 2 is 1.84 bits per heavy atom. The molecule has 2 N–H and O–H groups in total. The minimum atomic E-state index is -0.711. The number of carbonyl (C=O) groups is 2. The summed E-state index contributed by atoms with van der Waals surface area (Å²) in [5.74, 6) is 0.352. The van der Waals surface area contributed by atoms with Crippen LogP contribution < -0.4 is 20.5 Å². The van der Waals surface area contributed by atoms with E-state index in [1.54, 1.807) is 35.1 Å². The van der Waals surface area contributed by atoms with Gasteiger partial charge in [-0.3, -0.25) is 20.0 Å². The number of halogens is 1. The van der Waals surface area contributed by atoms with Crippen LogP contribution in [0.4, 0.5) is 15.9 Å². The maximum absolute atomic E-state index is 15.1. The Balaban J connectivity index is 1.61. The molecule has 0 aliphatic heterocycles. The fourth-order valence-corrected chi connectivity index (χ4v) is 3.36. The van der Waals surface area contributed by atoms with Gasteiger partial charge < -0.3 is 10.1 Å². The third-order valence-electron chi connectivity index (χ3n) is 5.29. The van der Waals surface area contributed by atoms with Crippen LogP contribution in [0, 0.1) is 5.82 Å². The monoisotopic (exact) mass is 503 g/mol. The quantitative estimate of drug-likeness (QED) is 0.273. The summed E-state index contributed by atoms with van der Waals surface area (Å²) in [7, 11) is 1.49. The number of amides is 2. The highest BCUT2D eigenvalue weighted by atomic mass is 19.1. The second-order valence-electron chi connectivity index (χ2n) is 9.02. The molecule has 0 unspecified atom stereocenters. The van der Waals surface area contributed by atoms with Gasteiger partial charge in [-0.15, -0.1) is 0 Å². The molecule has 1 aromatic carbocycles. The van der Waals surface area contributed by atoms with E-state index >= 15 is 4.39 Å². The Morgan fingerprint density at radius 3 is 2.49 bits per heavy atom. The number of benzene rings is 1. The summed E-state index contributed by atoms with van der Waals surface area (Å²) in [5.41, 5.74) is 3.53. The number of anilines is 2. The zero-order valence-electron chi connectivity index (χ0n) is 20.8. The molecule has 0 bridgehead atoms. The molecule has 0 spiro atoms. The molecule has 0 atom stereocenters. The Morgan fingerprint density at radius 1 is 1.05 bits per heavy atom. The molecule has 0 saturated heterocycles. The highest BCUT2D eigenvalue weighted by Gasteiger charge is 2.23. The van der Waals surface area contributed by atoms with Crippen LogP contribution in [-0.4, -0.2) is 39.1 Å². The van der Waals surface area contributed by atoms with E-state index in [4.69, 9.17) is 4.74 Å². The summed E-state index contributed by atoms with van der Waals surface area (Å²) in [6, 6.07) is 14.2. The molecule has 10 nitrogen and oxygen atoms in total. The minimum absolute atomic E-state index is 0.0331. The molecule has 11 heteroatoms. The first-order valence-corrected chi connectivity index (χ1v) is 11.4. The molecule has 37 heavy (non-hydrogen) atoms. The predicted molar refractivity (Wildman–Crippen MR) is 136 cm³/mol. The van der Waals surface area contributed by atoms with Gasteiger partial charge in [0.25, 0.3) is 5.91 Å². The van der Waals surface area contributed by atoms with Gasteiger partial charge in [0.05, 0.1) is 5.69 Å². The lowest BCUT2D eigenvalue weighted by atomic mass is 9.92. The van der Waals surface area contributed by atoms with Crippen LogP contribution in [0.5, 0.6) is 11.5 Å². The molecule has 0 saturated carbocycles. The van der Waals surface area contributed by atoms with Crippen LogP contribution in [0.25, 0.3) is 5.82 Å². The maximum atomic E-state index is 15.1. The summed E-state index contributed by atoms with van der Waals surface area (Å²) < 4.78 is 22.4. The predicted octanol–water partition coefficient (Wildman–Crippen LogP) is 4.24. The Hall–Kier alpha value is -4.80. The number of nitrogens with one attached hydrogen (secondary N) is 2. The van der Waals surface area contributed by atoms with E-state index in [-0.39, 0.29) is 28.5 Å². The summed E-state index contributed by atoms with van der Waals surface area (Å²) in [5, 5.41) is 8.13. The molecule has 3 heterocycles. The lowest BCUT2D eigenvalue weighted by Crippen LogP contribution is -2.30. The second kappa shape index (κ2) is 10.4. The third-order valence-corrected chi connectivity index (χ3v) is 5.29. The Bertz CT molecular complexity index is 1420. The van der Waals surface area contributed by atoms with Crippen molar-refractivity contribution in [3.05, 3.63) is 84.2 Å². The molecule has 2 amide bonds. The van der Waals surface area contributed by atoms with Gasteiger partial charge in [0, 0.05) is 43.1 Å². The van der Waals surface area contributed by atoms with Gasteiger partial charge in [0.15, 0.2) is 17.5 Å².